The van der Waals surface area contributed by atoms with E-state index in [2.05, 4.69) is 57.7 Å². The largest absolute Gasteiger partial charge is 0.496 e. The molecule has 3 aromatic rings. The first kappa shape index (κ1) is 19.9. The van der Waals surface area contributed by atoms with Crippen molar-refractivity contribution >= 4 is 22.8 Å². The van der Waals surface area contributed by atoms with Crippen LogP contribution in [-0.4, -0.2) is 40.5 Å². The third-order valence-corrected chi connectivity index (χ3v) is 4.83. The Kier molecular flexibility index (Phi) is 6.30. The monoisotopic (exact) mass is 383 g/mol. The molecule has 150 valence electrons. The second-order valence-electron chi connectivity index (χ2n) is 6.85. The number of aromatic nitrogens is 4. The van der Waals surface area contributed by atoms with Gasteiger partial charge in [0, 0.05) is 18.2 Å². The molecule has 0 aliphatic heterocycles. The number of hydrogen-bond donors (Lipinski definition) is 3. The molecule has 28 heavy (non-hydrogen) atoms. The number of ether oxygens (including phenoxy) is 1. The average molecular weight is 384 g/mol. The van der Waals surface area contributed by atoms with Gasteiger partial charge in [0.15, 0.2) is 11.3 Å². The Bertz CT molecular complexity index is 938. The molecule has 0 aliphatic carbocycles. The third kappa shape index (κ3) is 4.33. The van der Waals surface area contributed by atoms with E-state index in [1.807, 2.05) is 17.9 Å². The molecule has 0 bridgehead atoms. The van der Waals surface area contributed by atoms with Crippen molar-refractivity contribution in [1.82, 2.24) is 25.1 Å². The predicted octanol–water partition coefficient (Wildman–Crippen LogP) is 2.96. The molecule has 2 aromatic heterocycles. The van der Waals surface area contributed by atoms with Gasteiger partial charge in [0.05, 0.1) is 19.9 Å². The second-order valence-corrected chi connectivity index (χ2v) is 6.85. The number of methoxy groups -OCH3 is 1. The number of hydrogen-bond acceptors (Lipinski definition) is 7. The van der Waals surface area contributed by atoms with Crippen LogP contribution in [0.2, 0.25) is 0 Å². The van der Waals surface area contributed by atoms with Crippen molar-refractivity contribution in [3.05, 3.63) is 35.5 Å². The summed E-state index contributed by atoms with van der Waals surface area (Å²) < 4.78 is 7.46. The number of anilines is 2. The fourth-order valence-corrected chi connectivity index (χ4v) is 3.07. The summed E-state index contributed by atoms with van der Waals surface area (Å²) in [4.78, 5) is 8.64. The summed E-state index contributed by atoms with van der Waals surface area (Å²) in [6.45, 7) is 5.66. The summed E-state index contributed by atoms with van der Waals surface area (Å²) in [5.74, 6) is 1.76. The summed E-state index contributed by atoms with van der Waals surface area (Å²) in [5, 5.41) is 11.2. The summed E-state index contributed by atoms with van der Waals surface area (Å²) in [6.07, 6.45) is 4.05. The van der Waals surface area contributed by atoms with E-state index in [-0.39, 0.29) is 12.0 Å². The van der Waals surface area contributed by atoms with Gasteiger partial charge in [0.2, 0.25) is 5.95 Å². The van der Waals surface area contributed by atoms with E-state index in [1.54, 1.807) is 7.11 Å². The van der Waals surface area contributed by atoms with Crippen LogP contribution >= 0.6 is 0 Å². The minimum absolute atomic E-state index is 0.244. The zero-order chi connectivity index (χ0) is 20.1. The third-order valence-electron chi connectivity index (χ3n) is 4.83. The number of unbranched alkanes of at least 4 members (excludes halogenated alkanes) is 1. The number of fused-ring (bicyclic) bond motifs is 1. The normalized spacial score (nSPS) is 12.3. The summed E-state index contributed by atoms with van der Waals surface area (Å²) >= 11 is 0. The lowest BCUT2D eigenvalue weighted by molar-refractivity contribution is 0.406. The van der Waals surface area contributed by atoms with E-state index in [0.717, 1.165) is 41.7 Å². The quantitative estimate of drug-likeness (QED) is 0.488. The topological polar surface area (TPSA) is 103 Å². The predicted molar refractivity (Wildman–Crippen MR) is 113 cm³/mol. The number of nitrogens with zero attached hydrogens (tertiary/aromatic N) is 4. The molecule has 0 radical (unpaired) electrons. The van der Waals surface area contributed by atoms with Gasteiger partial charge in [-0.3, -0.25) is 4.68 Å². The molecule has 2 heterocycles. The van der Waals surface area contributed by atoms with Gasteiger partial charge in [0.25, 0.3) is 0 Å². The Labute approximate surface area is 165 Å². The van der Waals surface area contributed by atoms with Crippen molar-refractivity contribution in [2.75, 3.05) is 31.8 Å². The first-order valence-electron chi connectivity index (χ1n) is 9.64. The molecule has 0 unspecified atom stereocenters. The average Bonchev–Trinajstić information content (AvgIpc) is 3.10. The van der Waals surface area contributed by atoms with Gasteiger partial charge in [-0.15, -0.1) is 0 Å². The molecule has 0 fully saturated rings. The SMILES string of the molecule is CCCCNc1nc(N)nc2cn(Cc3ccc([C@H](C)NC)cc3OC)nc12. The molecule has 8 nitrogen and oxygen atoms in total. The smallest absolute Gasteiger partial charge is 0.222 e. The Morgan fingerprint density at radius 2 is 2.11 bits per heavy atom. The van der Waals surface area contributed by atoms with Crippen molar-refractivity contribution in [1.29, 1.82) is 0 Å². The van der Waals surface area contributed by atoms with Gasteiger partial charge in [0.1, 0.15) is 11.3 Å². The van der Waals surface area contributed by atoms with E-state index in [9.17, 15) is 0 Å². The lowest BCUT2D eigenvalue weighted by Gasteiger charge is -2.15. The maximum Gasteiger partial charge on any atom is 0.222 e. The van der Waals surface area contributed by atoms with Crippen LogP contribution in [-0.2, 0) is 6.54 Å². The Morgan fingerprint density at radius 1 is 1.29 bits per heavy atom. The van der Waals surface area contributed by atoms with Gasteiger partial charge in [-0.05, 0) is 32.0 Å². The summed E-state index contributed by atoms with van der Waals surface area (Å²) in [6, 6.07) is 6.51. The van der Waals surface area contributed by atoms with Crippen molar-refractivity contribution in [2.24, 2.45) is 0 Å². The first-order valence-corrected chi connectivity index (χ1v) is 9.64. The highest BCUT2D eigenvalue weighted by Crippen LogP contribution is 2.26. The molecule has 0 spiro atoms. The molecule has 4 N–H and O–H groups in total. The van der Waals surface area contributed by atoms with Crippen LogP contribution in [0.1, 0.15) is 43.9 Å². The molecule has 8 heteroatoms. The van der Waals surface area contributed by atoms with E-state index >= 15 is 0 Å². The highest BCUT2D eigenvalue weighted by atomic mass is 16.5. The Hall–Kier alpha value is -2.87. The molecule has 0 saturated carbocycles. The Morgan fingerprint density at radius 3 is 2.82 bits per heavy atom. The van der Waals surface area contributed by atoms with Crippen molar-refractivity contribution in [3.63, 3.8) is 0 Å². The van der Waals surface area contributed by atoms with E-state index in [1.165, 1.54) is 5.56 Å². The van der Waals surface area contributed by atoms with Crippen molar-refractivity contribution in [2.45, 2.75) is 39.3 Å². The molecule has 1 atom stereocenters. The van der Waals surface area contributed by atoms with Crippen LogP contribution in [0, 0.1) is 0 Å². The second kappa shape index (κ2) is 8.88. The van der Waals surface area contributed by atoms with Crippen LogP contribution in [0.5, 0.6) is 5.75 Å². The summed E-state index contributed by atoms with van der Waals surface area (Å²) in [7, 11) is 3.63. The van der Waals surface area contributed by atoms with Crippen molar-refractivity contribution in [3.8, 4) is 5.75 Å². The van der Waals surface area contributed by atoms with Gasteiger partial charge in [-0.25, -0.2) is 4.98 Å². The highest BCUT2D eigenvalue weighted by molar-refractivity contribution is 5.85. The number of nitrogens with one attached hydrogen (secondary N) is 2. The van der Waals surface area contributed by atoms with Crippen LogP contribution in [0.3, 0.4) is 0 Å². The van der Waals surface area contributed by atoms with Gasteiger partial charge in [-0.1, -0.05) is 25.5 Å². The Balaban J connectivity index is 1.89. The highest BCUT2D eigenvalue weighted by Gasteiger charge is 2.13. The first-order chi connectivity index (χ1) is 13.5. The lowest BCUT2D eigenvalue weighted by atomic mass is 10.0. The minimum atomic E-state index is 0.244. The zero-order valence-corrected chi connectivity index (χ0v) is 17.0. The summed E-state index contributed by atoms with van der Waals surface area (Å²) in [5.41, 5.74) is 9.54. The van der Waals surface area contributed by atoms with Gasteiger partial charge < -0.3 is 21.1 Å². The van der Waals surface area contributed by atoms with Crippen LogP contribution < -0.4 is 21.1 Å². The fourth-order valence-electron chi connectivity index (χ4n) is 3.07. The molecule has 0 aliphatic rings. The van der Waals surface area contributed by atoms with Gasteiger partial charge >= 0.3 is 0 Å². The van der Waals surface area contributed by atoms with Crippen LogP contribution in [0.15, 0.2) is 24.4 Å². The lowest BCUT2D eigenvalue weighted by Crippen LogP contribution is -2.12. The van der Waals surface area contributed by atoms with Gasteiger partial charge in [-0.2, -0.15) is 10.1 Å². The van der Waals surface area contributed by atoms with Crippen LogP contribution in [0.4, 0.5) is 11.8 Å². The molecule has 0 saturated heterocycles. The maximum atomic E-state index is 5.87. The fraction of sp³-hybridized carbons (Fsp3) is 0.450. The number of benzene rings is 1. The minimum Gasteiger partial charge on any atom is -0.496 e. The molecule has 3 rings (SSSR count). The van der Waals surface area contributed by atoms with Crippen molar-refractivity contribution < 1.29 is 4.74 Å². The van der Waals surface area contributed by atoms with E-state index in [4.69, 9.17) is 10.5 Å². The zero-order valence-electron chi connectivity index (χ0n) is 17.0. The standard InChI is InChI=1S/C20H29N7O/c1-5-6-9-23-19-18-16(24-20(21)25-19)12-27(26-18)11-15-8-7-14(13(2)22-3)10-17(15)28-4/h7-8,10,12-13,22H,5-6,9,11H2,1-4H3,(H3,21,23,24,25)/t13-/m0/s1. The number of nitrogen functional groups attached to an aromatic ring is 1. The molecular formula is C20H29N7O. The van der Waals surface area contributed by atoms with E-state index < -0.39 is 0 Å². The van der Waals surface area contributed by atoms with Crippen LogP contribution in [0.25, 0.3) is 11.0 Å². The number of nitrogens with two attached hydrogens (primary N) is 1. The van der Waals surface area contributed by atoms with E-state index in [0.29, 0.717) is 12.4 Å². The maximum absolute atomic E-state index is 5.87. The molecule has 1 aromatic carbocycles. The molecular weight excluding hydrogens is 354 g/mol. The molecule has 0 amide bonds. The number of rotatable bonds is 9.